The lowest BCUT2D eigenvalue weighted by Crippen LogP contribution is -2.14. The number of carbonyl (C=O) groups excluding carboxylic acids is 1. The molecule has 2 N–H and O–H groups in total. The third-order valence-corrected chi connectivity index (χ3v) is 5.36. The summed E-state index contributed by atoms with van der Waals surface area (Å²) >= 11 is 4.52. The van der Waals surface area contributed by atoms with Crippen LogP contribution in [0.15, 0.2) is 64.7 Å². The number of aromatic nitrogens is 3. The van der Waals surface area contributed by atoms with Crippen LogP contribution < -0.4 is 5.32 Å². The Morgan fingerprint density at radius 2 is 2.13 bits per heavy atom. The first kappa shape index (κ1) is 21.5. The summed E-state index contributed by atoms with van der Waals surface area (Å²) < 4.78 is 2.51. The van der Waals surface area contributed by atoms with Crippen LogP contribution in [0.2, 0.25) is 0 Å². The molecule has 30 heavy (non-hydrogen) atoms. The van der Waals surface area contributed by atoms with Crippen LogP contribution in [0, 0.1) is 10.1 Å². The second-order valence-electron chi connectivity index (χ2n) is 6.01. The minimum Gasteiger partial charge on any atom is -0.507 e. The number of non-ortho nitro benzene ring substituents is 1. The van der Waals surface area contributed by atoms with Gasteiger partial charge in [0.15, 0.2) is 11.0 Å². The number of halogens is 1. The van der Waals surface area contributed by atoms with Gasteiger partial charge >= 0.3 is 0 Å². The fourth-order valence-corrected chi connectivity index (χ4v) is 3.71. The lowest BCUT2D eigenvalue weighted by Gasteiger charge is -2.09. The number of thioether (sulfide) groups is 1. The summed E-state index contributed by atoms with van der Waals surface area (Å²) in [4.78, 5) is 22.6. The van der Waals surface area contributed by atoms with Crippen LogP contribution in [0.25, 0.3) is 11.4 Å². The van der Waals surface area contributed by atoms with Gasteiger partial charge < -0.3 is 10.4 Å². The lowest BCUT2D eigenvalue weighted by molar-refractivity contribution is -0.384. The van der Waals surface area contributed by atoms with E-state index in [9.17, 15) is 20.0 Å². The Labute approximate surface area is 184 Å². The number of hydrogen-bond donors (Lipinski definition) is 2. The Hall–Kier alpha value is -3.18. The SMILES string of the molecule is C=CCn1c(SCC(=O)Nc2cccc([N+](=O)[O-])c2)nnc1-c1cc(Br)ccc1O. The van der Waals surface area contributed by atoms with E-state index < -0.39 is 4.92 Å². The molecule has 0 atom stereocenters. The zero-order valence-electron chi connectivity index (χ0n) is 15.5. The van der Waals surface area contributed by atoms with E-state index in [4.69, 9.17) is 0 Å². The number of phenols is 1. The van der Waals surface area contributed by atoms with E-state index in [2.05, 4.69) is 38.0 Å². The van der Waals surface area contributed by atoms with Crippen LogP contribution in [-0.4, -0.2) is 36.5 Å². The smallest absolute Gasteiger partial charge is 0.271 e. The van der Waals surface area contributed by atoms with E-state index in [-0.39, 0.29) is 23.1 Å². The van der Waals surface area contributed by atoms with Crippen LogP contribution in [0.3, 0.4) is 0 Å². The first-order chi connectivity index (χ1) is 14.4. The number of rotatable bonds is 8. The number of amides is 1. The topological polar surface area (TPSA) is 123 Å². The number of anilines is 1. The number of nitrogens with one attached hydrogen (secondary N) is 1. The van der Waals surface area contributed by atoms with Gasteiger partial charge in [0.2, 0.25) is 5.91 Å². The molecule has 0 radical (unpaired) electrons. The van der Waals surface area contributed by atoms with Gasteiger partial charge in [0, 0.05) is 28.8 Å². The number of benzene rings is 2. The van der Waals surface area contributed by atoms with E-state index in [1.807, 2.05) is 0 Å². The summed E-state index contributed by atoms with van der Waals surface area (Å²) in [5, 5.41) is 32.4. The van der Waals surface area contributed by atoms with Gasteiger partial charge in [-0.25, -0.2) is 0 Å². The van der Waals surface area contributed by atoms with E-state index in [0.29, 0.717) is 28.8 Å². The lowest BCUT2D eigenvalue weighted by atomic mass is 10.2. The van der Waals surface area contributed by atoms with Crippen molar-refractivity contribution in [3.8, 4) is 17.1 Å². The quantitative estimate of drug-likeness (QED) is 0.210. The second kappa shape index (κ2) is 9.55. The molecule has 2 aromatic carbocycles. The Kier molecular flexibility index (Phi) is 6.85. The van der Waals surface area contributed by atoms with Crippen molar-refractivity contribution in [1.82, 2.24) is 14.8 Å². The molecule has 1 aromatic heterocycles. The van der Waals surface area contributed by atoms with Crippen LogP contribution in [-0.2, 0) is 11.3 Å². The fraction of sp³-hybridized carbons (Fsp3) is 0.105. The zero-order chi connectivity index (χ0) is 21.7. The summed E-state index contributed by atoms with van der Waals surface area (Å²) in [7, 11) is 0. The predicted octanol–water partition coefficient (Wildman–Crippen LogP) is 4.24. The van der Waals surface area contributed by atoms with E-state index >= 15 is 0 Å². The molecule has 0 fully saturated rings. The predicted molar refractivity (Wildman–Crippen MR) is 117 cm³/mol. The summed E-state index contributed by atoms with van der Waals surface area (Å²) in [5.41, 5.74) is 0.721. The average molecular weight is 490 g/mol. The molecule has 3 rings (SSSR count). The Morgan fingerprint density at radius 1 is 1.33 bits per heavy atom. The van der Waals surface area contributed by atoms with Crippen molar-refractivity contribution in [3.05, 3.63) is 69.7 Å². The van der Waals surface area contributed by atoms with Crippen LogP contribution in [0.4, 0.5) is 11.4 Å². The van der Waals surface area contributed by atoms with Crippen LogP contribution in [0.5, 0.6) is 5.75 Å². The number of nitro groups is 1. The maximum Gasteiger partial charge on any atom is 0.271 e. The summed E-state index contributed by atoms with van der Waals surface area (Å²) in [5.74, 6) is 0.161. The molecule has 0 spiro atoms. The van der Waals surface area contributed by atoms with Crippen LogP contribution >= 0.6 is 27.7 Å². The van der Waals surface area contributed by atoms with Gasteiger partial charge in [-0.1, -0.05) is 39.8 Å². The first-order valence-corrected chi connectivity index (χ1v) is 10.4. The number of aromatic hydroxyl groups is 1. The molecular weight excluding hydrogens is 474 g/mol. The molecule has 0 saturated carbocycles. The highest BCUT2D eigenvalue weighted by atomic mass is 79.9. The van der Waals surface area contributed by atoms with Crippen molar-refractivity contribution in [3.63, 3.8) is 0 Å². The highest BCUT2D eigenvalue weighted by Gasteiger charge is 2.18. The molecule has 0 bridgehead atoms. The molecule has 0 aliphatic rings. The molecular formula is C19H16BrN5O4S. The van der Waals surface area contributed by atoms with Gasteiger partial charge in [0.1, 0.15) is 5.75 Å². The highest BCUT2D eigenvalue weighted by molar-refractivity contribution is 9.10. The third kappa shape index (κ3) is 5.05. The molecule has 0 aliphatic carbocycles. The number of carbonyl (C=O) groups is 1. The average Bonchev–Trinajstić information content (AvgIpc) is 3.11. The number of nitro benzene ring substituents is 1. The first-order valence-electron chi connectivity index (χ1n) is 8.59. The Bertz CT molecular complexity index is 1120. The standard InChI is InChI=1S/C19H16BrN5O4S/c1-2-8-24-18(15-9-12(20)6-7-16(15)26)22-23-19(24)30-11-17(27)21-13-4-3-5-14(10-13)25(28)29/h2-7,9-10,26H,1,8,11H2,(H,21,27). The van der Waals surface area contributed by atoms with Gasteiger partial charge in [0.05, 0.1) is 16.2 Å². The van der Waals surface area contributed by atoms with Gasteiger partial charge in [-0.05, 0) is 24.3 Å². The summed E-state index contributed by atoms with van der Waals surface area (Å²) in [6.07, 6.45) is 1.66. The maximum absolute atomic E-state index is 12.3. The summed E-state index contributed by atoms with van der Waals surface area (Å²) in [6.45, 7) is 4.11. The second-order valence-corrected chi connectivity index (χ2v) is 7.87. The number of phenolic OH excluding ortho intramolecular Hbond substituents is 1. The largest absolute Gasteiger partial charge is 0.507 e. The Balaban J connectivity index is 1.75. The summed E-state index contributed by atoms with van der Waals surface area (Å²) in [6, 6.07) is 10.7. The van der Waals surface area contributed by atoms with Crippen molar-refractivity contribution in [2.75, 3.05) is 11.1 Å². The number of allylic oxidation sites excluding steroid dienone is 1. The van der Waals surface area contributed by atoms with Crippen molar-refractivity contribution in [1.29, 1.82) is 0 Å². The normalized spacial score (nSPS) is 10.6. The fourth-order valence-electron chi connectivity index (χ4n) is 2.60. The van der Waals surface area contributed by atoms with Crippen molar-refractivity contribution in [2.24, 2.45) is 0 Å². The van der Waals surface area contributed by atoms with E-state index in [1.165, 1.54) is 18.2 Å². The number of nitrogens with zero attached hydrogens (tertiary/aromatic N) is 4. The van der Waals surface area contributed by atoms with Gasteiger partial charge in [-0.2, -0.15) is 0 Å². The van der Waals surface area contributed by atoms with Gasteiger partial charge in [-0.3, -0.25) is 19.5 Å². The molecule has 0 saturated heterocycles. The Morgan fingerprint density at radius 3 is 2.87 bits per heavy atom. The molecule has 11 heteroatoms. The molecule has 1 amide bonds. The maximum atomic E-state index is 12.3. The zero-order valence-corrected chi connectivity index (χ0v) is 17.9. The van der Waals surface area contributed by atoms with E-state index in [1.54, 1.807) is 34.9 Å². The van der Waals surface area contributed by atoms with Crippen LogP contribution in [0.1, 0.15) is 0 Å². The highest BCUT2D eigenvalue weighted by Crippen LogP contribution is 2.32. The molecule has 154 valence electrons. The molecule has 9 nitrogen and oxygen atoms in total. The van der Waals surface area contributed by atoms with E-state index in [0.717, 1.165) is 16.2 Å². The van der Waals surface area contributed by atoms with Crippen molar-refractivity contribution in [2.45, 2.75) is 11.7 Å². The molecule has 1 heterocycles. The molecule has 0 unspecified atom stereocenters. The van der Waals surface area contributed by atoms with Gasteiger partial charge in [0.25, 0.3) is 5.69 Å². The van der Waals surface area contributed by atoms with Crippen molar-refractivity contribution < 1.29 is 14.8 Å². The molecule has 3 aromatic rings. The number of hydrogen-bond acceptors (Lipinski definition) is 7. The third-order valence-electron chi connectivity index (χ3n) is 3.90. The monoisotopic (exact) mass is 489 g/mol. The minimum absolute atomic E-state index is 0.0163. The van der Waals surface area contributed by atoms with Crippen molar-refractivity contribution >= 4 is 45.0 Å². The molecule has 0 aliphatic heterocycles. The minimum atomic E-state index is -0.527. The van der Waals surface area contributed by atoms with Gasteiger partial charge in [-0.15, -0.1) is 16.8 Å².